The van der Waals surface area contributed by atoms with Crippen molar-refractivity contribution in [2.45, 2.75) is 18.5 Å². The second-order valence-electron chi connectivity index (χ2n) is 3.34. The van der Waals surface area contributed by atoms with E-state index in [1.807, 2.05) is 0 Å². The molecular formula is C9H7F7N2. The smallest absolute Gasteiger partial charge is 0.364 e. The van der Waals surface area contributed by atoms with Gasteiger partial charge in [-0.25, -0.2) is 13.8 Å². The zero-order chi connectivity index (χ0) is 14.0. The molecular weight excluding hydrogens is 269 g/mol. The number of aromatic nitrogens is 1. The quantitative estimate of drug-likeness (QED) is 0.852. The van der Waals surface area contributed by atoms with Gasteiger partial charge in [-0.3, -0.25) is 0 Å². The Bertz CT molecular complexity index is 402. The third kappa shape index (κ3) is 3.74. The summed E-state index contributed by atoms with van der Waals surface area (Å²) in [7, 11) is 0. The average molecular weight is 276 g/mol. The summed E-state index contributed by atoms with van der Waals surface area (Å²) >= 11 is 0. The van der Waals surface area contributed by atoms with E-state index < -0.39 is 36.5 Å². The van der Waals surface area contributed by atoms with Gasteiger partial charge in [0, 0.05) is 6.20 Å². The average Bonchev–Trinajstić information content (AvgIpc) is 2.25. The van der Waals surface area contributed by atoms with Gasteiger partial charge in [-0.1, -0.05) is 0 Å². The molecule has 1 rings (SSSR count). The maximum atomic E-state index is 12.5. The maximum absolute atomic E-state index is 12.5. The van der Waals surface area contributed by atoms with E-state index in [0.717, 1.165) is 6.20 Å². The molecule has 0 spiro atoms. The molecule has 0 atom stereocenters. The van der Waals surface area contributed by atoms with Gasteiger partial charge in [-0.15, -0.1) is 0 Å². The molecule has 0 radical (unpaired) electrons. The van der Waals surface area contributed by atoms with Crippen LogP contribution in [0, 0.1) is 0 Å². The molecule has 0 aliphatic rings. The van der Waals surface area contributed by atoms with Crippen LogP contribution >= 0.6 is 0 Å². The van der Waals surface area contributed by atoms with E-state index in [-0.39, 0.29) is 0 Å². The first-order chi connectivity index (χ1) is 8.13. The van der Waals surface area contributed by atoms with Crippen LogP contribution in [-0.4, -0.2) is 23.9 Å². The molecule has 18 heavy (non-hydrogen) atoms. The van der Waals surface area contributed by atoms with E-state index in [0.29, 0.717) is 12.1 Å². The van der Waals surface area contributed by atoms with E-state index in [4.69, 9.17) is 0 Å². The lowest BCUT2D eigenvalue weighted by molar-refractivity contribution is -0.137. The van der Waals surface area contributed by atoms with E-state index >= 15 is 0 Å². The number of hydrogen-bond donors (Lipinski definition) is 1. The topological polar surface area (TPSA) is 24.9 Å². The maximum Gasteiger partial charge on any atom is 0.416 e. The Labute approximate surface area is 96.8 Å². The van der Waals surface area contributed by atoms with Crippen molar-refractivity contribution in [3.63, 3.8) is 0 Å². The Kier molecular flexibility index (Phi) is 4.02. The lowest BCUT2D eigenvalue weighted by Gasteiger charge is -2.16. The molecule has 0 aliphatic carbocycles. The van der Waals surface area contributed by atoms with Gasteiger partial charge in [-0.05, 0) is 12.1 Å². The summed E-state index contributed by atoms with van der Waals surface area (Å²) in [6.07, 6.45) is -7.83. The molecule has 0 aliphatic heterocycles. The molecule has 0 aromatic carbocycles. The van der Waals surface area contributed by atoms with Crippen molar-refractivity contribution < 1.29 is 30.7 Å². The summed E-state index contributed by atoms with van der Waals surface area (Å²) in [6, 6.07) is 1.10. The van der Waals surface area contributed by atoms with Crippen LogP contribution in [0.15, 0.2) is 18.3 Å². The molecule has 1 heterocycles. The number of anilines is 1. The summed E-state index contributed by atoms with van der Waals surface area (Å²) < 4.78 is 85.3. The van der Waals surface area contributed by atoms with Crippen LogP contribution in [0.25, 0.3) is 0 Å². The normalized spacial score (nSPS) is 12.9. The number of pyridine rings is 1. The van der Waals surface area contributed by atoms with E-state index in [1.54, 1.807) is 5.32 Å². The second kappa shape index (κ2) is 4.99. The van der Waals surface area contributed by atoms with Gasteiger partial charge in [0.25, 0.3) is 0 Å². The van der Waals surface area contributed by atoms with Crippen molar-refractivity contribution in [3.8, 4) is 0 Å². The highest BCUT2D eigenvalue weighted by Crippen LogP contribution is 2.30. The van der Waals surface area contributed by atoms with Crippen molar-refractivity contribution in [1.29, 1.82) is 0 Å². The highest BCUT2D eigenvalue weighted by atomic mass is 19.4. The molecule has 0 amide bonds. The summed E-state index contributed by atoms with van der Waals surface area (Å²) in [5, 5.41) is 1.74. The van der Waals surface area contributed by atoms with Gasteiger partial charge in [0.05, 0.1) is 12.1 Å². The number of halogens is 7. The molecule has 1 aromatic heterocycles. The van der Waals surface area contributed by atoms with Crippen LogP contribution in [-0.2, 0) is 6.18 Å². The van der Waals surface area contributed by atoms with Gasteiger partial charge in [0.15, 0.2) is 0 Å². The van der Waals surface area contributed by atoms with Gasteiger partial charge >= 0.3 is 18.5 Å². The molecule has 2 nitrogen and oxygen atoms in total. The molecule has 0 saturated heterocycles. The van der Waals surface area contributed by atoms with E-state index in [9.17, 15) is 30.7 Å². The Hall–Kier alpha value is -1.54. The first kappa shape index (κ1) is 14.5. The Balaban J connectivity index is 2.75. The SMILES string of the molecule is FC(F)C(F)(F)CNc1cc(C(F)(F)F)ccn1. The monoisotopic (exact) mass is 276 g/mol. The van der Waals surface area contributed by atoms with Gasteiger partial charge < -0.3 is 5.32 Å². The lowest BCUT2D eigenvalue weighted by atomic mass is 10.2. The fourth-order valence-electron chi connectivity index (χ4n) is 0.989. The largest absolute Gasteiger partial charge is 0.416 e. The van der Waals surface area contributed by atoms with Crippen LogP contribution in [0.5, 0.6) is 0 Å². The van der Waals surface area contributed by atoms with Gasteiger partial charge in [-0.2, -0.15) is 22.0 Å². The summed E-state index contributed by atoms with van der Waals surface area (Å²) in [6.45, 7) is -1.50. The molecule has 1 N–H and O–H groups in total. The van der Waals surface area contributed by atoms with Crippen LogP contribution in [0.2, 0.25) is 0 Å². The van der Waals surface area contributed by atoms with Crippen LogP contribution in [0.1, 0.15) is 5.56 Å². The molecule has 1 aromatic rings. The van der Waals surface area contributed by atoms with Crippen molar-refractivity contribution in [1.82, 2.24) is 4.98 Å². The van der Waals surface area contributed by atoms with Crippen molar-refractivity contribution >= 4 is 5.82 Å². The number of nitrogens with zero attached hydrogens (tertiary/aromatic N) is 1. The number of hydrogen-bond acceptors (Lipinski definition) is 2. The predicted molar refractivity (Wildman–Crippen MR) is 48.7 cm³/mol. The predicted octanol–water partition coefficient (Wildman–Crippen LogP) is 3.41. The zero-order valence-corrected chi connectivity index (χ0v) is 8.61. The minimum atomic E-state index is -4.66. The molecule has 0 bridgehead atoms. The molecule has 0 fully saturated rings. The molecule has 0 unspecified atom stereocenters. The Morgan fingerprint density at radius 1 is 1.17 bits per heavy atom. The van der Waals surface area contributed by atoms with Crippen molar-refractivity contribution in [2.75, 3.05) is 11.9 Å². The minimum Gasteiger partial charge on any atom is -0.364 e. The first-order valence-corrected chi connectivity index (χ1v) is 4.56. The molecule has 0 saturated carbocycles. The second-order valence-corrected chi connectivity index (χ2v) is 3.34. The van der Waals surface area contributed by atoms with E-state index in [2.05, 4.69) is 4.98 Å². The third-order valence-corrected chi connectivity index (χ3v) is 1.91. The number of rotatable bonds is 4. The fourth-order valence-corrected chi connectivity index (χ4v) is 0.989. The first-order valence-electron chi connectivity index (χ1n) is 4.56. The van der Waals surface area contributed by atoms with Crippen molar-refractivity contribution in [3.05, 3.63) is 23.9 Å². The zero-order valence-electron chi connectivity index (χ0n) is 8.61. The highest BCUT2D eigenvalue weighted by Gasteiger charge is 2.40. The van der Waals surface area contributed by atoms with E-state index in [1.165, 1.54) is 0 Å². The summed E-state index contributed by atoms with van der Waals surface area (Å²) in [5.41, 5.74) is -1.11. The number of nitrogens with one attached hydrogen (secondary N) is 1. The van der Waals surface area contributed by atoms with Crippen LogP contribution in [0.4, 0.5) is 36.6 Å². The summed E-state index contributed by atoms with van der Waals surface area (Å²) in [5.74, 6) is -4.89. The lowest BCUT2D eigenvalue weighted by Crippen LogP contribution is -2.35. The summed E-state index contributed by atoms with van der Waals surface area (Å²) in [4.78, 5) is 3.33. The minimum absolute atomic E-state index is 0.460. The third-order valence-electron chi connectivity index (χ3n) is 1.91. The molecule has 102 valence electrons. The van der Waals surface area contributed by atoms with Crippen LogP contribution in [0.3, 0.4) is 0 Å². The molecule has 9 heteroatoms. The number of alkyl halides is 7. The van der Waals surface area contributed by atoms with Gasteiger partial charge in [0.1, 0.15) is 5.82 Å². The van der Waals surface area contributed by atoms with Crippen molar-refractivity contribution in [2.24, 2.45) is 0 Å². The fraction of sp³-hybridized carbons (Fsp3) is 0.444. The van der Waals surface area contributed by atoms with Crippen LogP contribution < -0.4 is 5.32 Å². The standard InChI is InChI=1S/C9H7F7N2/c10-7(11)8(12,13)4-18-6-3-5(1-2-17-6)9(14,15)16/h1-3,7H,4H2,(H,17,18). The highest BCUT2D eigenvalue weighted by molar-refractivity contribution is 5.38. The Morgan fingerprint density at radius 3 is 2.28 bits per heavy atom. The van der Waals surface area contributed by atoms with Gasteiger partial charge in [0.2, 0.25) is 0 Å². The Morgan fingerprint density at radius 2 is 1.78 bits per heavy atom.